The van der Waals surface area contributed by atoms with Gasteiger partial charge in [-0.1, -0.05) is 6.92 Å². The fraction of sp³-hybridized carbons (Fsp3) is 1.00. The van der Waals surface area contributed by atoms with Gasteiger partial charge >= 0.3 is 0 Å². The maximum absolute atomic E-state index is 5.41. The molecule has 0 aliphatic heterocycles. The fourth-order valence-electron chi connectivity index (χ4n) is 1.08. The van der Waals surface area contributed by atoms with Crippen molar-refractivity contribution < 1.29 is 9.47 Å². The van der Waals surface area contributed by atoms with E-state index in [1.807, 2.05) is 13.8 Å². The van der Waals surface area contributed by atoms with Crippen LogP contribution >= 0.6 is 0 Å². The van der Waals surface area contributed by atoms with Crippen LogP contribution in [-0.4, -0.2) is 39.0 Å². The summed E-state index contributed by atoms with van der Waals surface area (Å²) in [7, 11) is 1.73. The highest BCUT2D eigenvalue weighted by molar-refractivity contribution is 4.62. The molecule has 0 aliphatic rings. The first-order valence-corrected chi connectivity index (χ1v) is 5.04. The normalized spacial score (nSPS) is 13.6. The second kappa shape index (κ2) is 8.48. The molecule has 80 valence electrons. The molecule has 0 aromatic carbocycles. The first-order valence-electron chi connectivity index (χ1n) is 5.04. The molecular weight excluding hydrogens is 166 g/mol. The predicted molar refractivity (Wildman–Crippen MR) is 55.0 cm³/mol. The molecule has 1 N–H and O–H groups in total. The van der Waals surface area contributed by atoms with Crippen LogP contribution in [0.1, 0.15) is 27.2 Å². The molecule has 0 bridgehead atoms. The monoisotopic (exact) mass is 189 g/mol. The van der Waals surface area contributed by atoms with Crippen molar-refractivity contribution >= 4 is 0 Å². The number of hydrogen-bond acceptors (Lipinski definition) is 3. The SMILES string of the molecule is CCC(COC)NCCOC(C)C. The maximum Gasteiger partial charge on any atom is 0.0615 e. The van der Waals surface area contributed by atoms with Gasteiger partial charge in [0.2, 0.25) is 0 Å². The smallest absolute Gasteiger partial charge is 0.0615 e. The third kappa shape index (κ3) is 8.22. The molecule has 0 aliphatic carbocycles. The molecule has 0 rings (SSSR count). The summed E-state index contributed by atoms with van der Waals surface area (Å²) in [6.07, 6.45) is 1.42. The molecule has 1 unspecified atom stereocenters. The van der Waals surface area contributed by atoms with E-state index in [9.17, 15) is 0 Å². The van der Waals surface area contributed by atoms with Gasteiger partial charge in [0.05, 0.1) is 19.3 Å². The maximum atomic E-state index is 5.41. The van der Waals surface area contributed by atoms with Gasteiger partial charge in [-0.25, -0.2) is 0 Å². The average Bonchev–Trinajstić information content (AvgIpc) is 2.10. The van der Waals surface area contributed by atoms with Crippen LogP contribution in [0.5, 0.6) is 0 Å². The number of ether oxygens (including phenoxy) is 2. The number of nitrogens with one attached hydrogen (secondary N) is 1. The van der Waals surface area contributed by atoms with Gasteiger partial charge in [-0.05, 0) is 20.3 Å². The minimum atomic E-state index is 0.323. The van der Waals surface area contributed by atoms with Gasteiger partial charge < -0.3 is 14.8 Å². The van der Waals surface area contributed by atoms with Gasteiger partial charge in [0.1, 0.15) is 0 Å². The first kappa shape index (κ1) is 12.9. The molecule has 0 aromatic rings. The molecule has 0 spiro atoms. The molecular formula is C10H23NO2. The lowest BCUT2D eigenvalue weighted by Gasteiger charge is -2.16. The van der Waals surface area contributed by atoms with E-state index in [0.717, 1.165) is 26.2 Å². The molecule has 3 heteroatoms. The average molecular weight is 189 g/mol. The van der Waals surface area contributed by atoms with Crippen LogP contribution in [0.2, 0.25) is 0 Å². The Labute approximate surface area is 81.8 Å². The van der Waals surface area contributed by atoms with Crippen LogP contribution in [0.4, 0.5) is 0 Å². The molecule has 0 saturated heterocycles. The van der Waals surface area contributed by atoms with Gasteiger partial charge in [0, 0.05) is 19.7 Å². The van der Waals surface area contributed by atoms with E-state index in [-0.39, 0.29) is 0 Å². The van der Waals surface area contributed by atoms with Crippen molar-refractivity contribution in [2.24, 2.45) is 0 Å². The fourth-order valence-corrected chi connectivity index (χ4v) is 1.08. The van der Waals surface area contributed by atoms with E-state index in [0.29, 0.717) is 12.1 Å². The van der Waals surface area contributed by atoms with Crippen molar-refractivity contribution in [1.29, 1.82) is 0 Å². The summed E-state index contributed by atoms with van der Waals surface area (Å²) in [5.41, 5.74) is 0. The quantitative estimate of drug-likeness (QED) is 0.586. The standard InChI is InChI=1S/C10H23NO2/c1-5-10(8-12-4)11-6-7-13-9(2)3/h9-11H,5-8H2,1-4H3. The van der Waals surface area contributed by atoms with Crippen molar-refractivity contribution in [3.63, 3.8) is 0 Å². The minimum absolute atomic E-state index is 0.323. The third-order valence-electron chi connectivity index (χ3n) is 1.85. The number of methoxy groups -OCH3 is 1. The molecule has 3 nitrogen and oxygen atoms in total. The van der Waals surface area contributed by atoms with E-state index >= 15 is 0 Å². The molecule has 0 fully saturated rings. The van der Waals surface area contributed by atoms with Crippen LogP contribution < -0.4 is 5.32 Å². The van der Waals surface area contributed by atoms with Crippen LogP contribution in [0.25, 0.3) is 0 Å². The number of rotatable bonds is 8. The summed E-state index contributed by atoms with van der Waals surface area (Å²) >= 11 is 0. The lowest BCUT2D eigenvalue weighted by atomic mass is 10.2. The van der Waals surface area contributed by atoms with Gasteiger partial charge in [-0.2, -0.15) is 0 Å². The zero-order valence-electron chi connectivity index (χ0n) is 9.30. The minimum Gasteiger partial charge on any atom is -0.383 e. The van der Waals surface area contributed by atoms with Gasteiger partial charge in [-0.3, -0.25) is 0 Å². The lowest BCUT2D eigenvalue weighted by molar-refractivity contribution is 0.0759. The molecule has 0 amide bonds. The van der Waals surface area contributed by atoms with E-state index < -0.39 is 0 Å². The highest BCUT2D eigenvalue weighted by Crippen LogP contribution is 1.91. The highest BCUT2D eigenvalue weighted by Gasteiger charge is 2.03. The Kier molecular flexibility index (Phi) is 8.40. The summed E-state index contributed by atoms with van der Waals surface area (Å²) in [5.74, 6) is 0. The summed E-state index contributed by atoms with van der Waals surface area (Å²) in [4.78, 5) is 0. The van der Waals surface area contributed by atoms with Gasteiger partial charge in [0.15, 0.2) is 0 Å². The Hall–Kier alpha value is -0.120. The molecule has 0 radical (unpaired) electrons. The lowest BCUT2D eigenvalue weighted by Crippen LogP contribution is -2.35. The summed E-state index contributed by atoms with van der Waals surface area (Å²) in [5, 5.41) is 3.38. The molecule has 0 heterocycles. The third-order valence-corrected chi connectivity index (χ3v) is 1.85. The molecule has 1 atom stereocenters. The Balaban J connectivity index is 3.27. The van der Waals surface area contributed by atoms with E-state index in [1.54, 1.807) is 7.11 Å². The van der Waals surface area contributed by atoms with Crippen molar-refractivity contribution in [1.82, 2.24) is 5.32 Å². The van der Waals surface area contributed by atoms with Gasteiger partial charge in [0.25, 0.3) is 0 Å². The molecule has 13 heavy (non-hydrogen) atoms. The van der Waals surface area contributed by atoms with Crippen molar-refractivity contribution in [2.45, 2.75) is 39.3 Å². The largest absolute Gasteiger partial charge is 0.383 e. The topological polar surface area (TPSA) is 30.5 Å². The summed E-state index contributed by atoms with van der Waals surface area (Å²) < 4.78 is 10.5. The van der Waals surface area contributed by atoms with Crippen LogP contribution in [0.3, 0.4) is 0 Å². The van der Waals surface area contributed by atoms with E-state index in [4.69, 9.17) is 9.47 Å². The Morgan fingerprint density at radius 2 is 2.00 bits per heavy atom. The van der Waals surface area contributed by atoms with Gasteiger partial charge in [-0.15, -0.1) is 0 Å². The second-order valence-corrected chi connectivity index (χ2v) is 3.43. The molecule has 0 saturated carbocycles. The molecule has 0 aromatic heterocycles. The van der Waals surface area contributed by atoms with Crippen LogP contribution in [0.15, 0.2) is 0 Å². The zero-order valence-corrected chi connectivity index (χ0v) is 9.30. The van der Waals surface area contributed by atoms with Crippen molar-refractivity contribution in [3.05, 3.63) is 0 Å². The predicted octanol–water partition coefficient (Wildman–Crippen LogP) is 1.43. The summed E-state index contributed by atoms with van der Waals surface area (Å²) in [6.45, 7) is 8.70. The van der Waals surface area contributed by atoms with E-state index in [2.05, 4.69) is 12.2 Å². The Morgan fingerprint density at radius 1 is 1.31 bits per heavy atom. The van der Waals surface area contributed by atoms with Crippen molar-refractivity contribution in [3.8, 4) is 0 Å². The summed E-state index contributed by atoms with van der Waals surface area (Å²) in [6, 6.07) is 0.459. The van der Waals surface area contributed by atoms with Crippen molar-refractivity contribution in [2.75, 3.05) is 26.9 Å². The van der Waals surface area contributed by atoms with Crippen LogP contribution in [0, 0.1) is 0 Å². The number of hydrogen-bond donors (Lipinski definition) is 1. The van der Waals surface area contributed by atoms with Crippen LogP contribution in [-0.2, 0) is 9.47 Å². The zero-order chi connectivity index (χ0) is 10.1. The second-order valence-electron chi connectivity index (χ2n) is 3.43. The van der Waals surface area contributed by atoms with E-state index in [1.165, 1.54) is 0 Å². The Morgan fingerprint density at radius 3 is 2.46 bits per heavy atom. The first-order chi connectivity index (χ1) is 6.20. The highest BCUT2D eigenvalue weighted by atomic mass is 16.5. The Bertz CT molecular complexity index is 107.